The van der Waals surface area contributed by atoms with E-state index in [1.807, 2.05) is 54.6 Å². The van der Waals surface area contributed by atoms with E-state index in [2.05, 4.69) is 27.5 Å². The first-order chi connectivity index (χ1) is 14.2. The Bertz CT molecular complexity index is 1080. The molecule has 3 aromatic rings. The molecule has 3 amide bonds. The molecular formula is C22H18N4O2S. The first kappa shape index (κ1) is 18.7. The van der Waals surface area contributed by atoms with Gasteiger partial charge >= 0.3 is 6.03 Å². The third kappa shape index (κ3) is 4.45. The molecule has 29 heavy (non-hydrogen) atoms. The highest BCUT2D eigenvalue weighted by atomic mass is 32.1. The first-order valence-electron chi connectivity index (χ1n) is 9.14. The maximum Gasteiger partial charge on any atom is 0.321 e. The standard InChI is InChI=1S/C22H18N4O2S/c27-20(19-15-29-21(25-19)17-6-2-1-3-7-17)23-12-4-5-16-8-10-18(11-9-16)26-14-13-24-22(26)28/h1-3,6-11,15H,12-14H2,(H,23,27)(H,24,28). The summed E-state index contributed by atoms with van der Waals surface area (Å²) in [6, 6.07) is 17.1. The van der Waals surface area contributed by atoms with E-state index in [-0.39, 0.29) is 18.5 Å². The monoisotopic (exact) mass is 402 g/mol. The van der Waals surface area contributed by atoms with Gasteiger partial charge in [-0.2, -0.15) is 0 Å². The van der Waals surface area contributed by atoms with E-state index in [1.165, 1.54) is 11.3 Å². The third-order valence-corrected chi connectivity index (χ3v) is 5.25. The zero-order valence-electron chi connectivity index (χ0n) is 15.5. The predicted octanol–water partition coefficient (Wildman–Crippen LogP) is 3.12. The lowest BCUT2D eigenvalue weighted by atomic mass is 10.2. The van der Waals surface area contributed by atoms with Gasteiger partial charge in [0.15, 0.2) is 0 Å². The van der Waals surface area contributed by atoms with Gasteiger partial charge in [-0.3, -0.25) is 9.69 Å². The average Bonchev–Trinajstić information content (AvgIpc) is 3.42. The summed E-state index contributed by atoms with van der Waals surface area (Å²) in [6.07, 6.45) is 0. The van der Waals surface area contributed by atoms with E-state index in [0.717, 1.165) is 21.8 Å². The molecule has 4 rings (SSSR count). The van der Waals surface area contributed by atoms with Crippen molar-refractivity contribution in [1.29, 1.82) is 0 Å². The first-order valence-corrected chi connectivity index (χ1v) is 10.0. The van der Waals surface area contributed by atoms with E-state index >= 15 is 0 Å². The Hall–Kier alpha value is -3.63. The summed E-state index contributed by atoms with van der Waals surface area (Å²) >= 11 is 1.44. The third-order valence-electron chi connectivity index (χ3n) is 4.36. The number of urea groups is 1. The van der Waals surface area contributed by atoms with E-state index in [9.17, 15) is 9.59 Å². The van der Waals surface area contributed by atoms with Crippen LogP contribution >= 0.6 is 11.3 Å². The number of rotatable bonds is 4. The van der Waals surface area contributed by atoms with Gasteiger partial charge in [0.25, 0.3) is 5.91 Å². The average molecular weight is 402 g/mol. The lowest BCUT2D eigenvalue weighted by molar-refractivity contribution is 0.0954. The van der Waals surface area contributed by atoms with Crippen molar-refractivity contribution in [2.75, 3.05) is 24.5 Å². The van der Waals surface area contributed by atoms with Crippen LogP contribution in [-0.2, 0) is 0 Å². The topological polar surface area (TPSA) is 74.3 Å². The van der Waals surface area contributed by atoms with Gasteiger partial charge in [0.2, 0.25) is 0 Å². The second-order valence-corrected chi connectivity index (χ2v) is 7.18. The molecule has 1 aliphatic rings. The number of benzene rings is 2. The van der Waals surface area contributed by atoms with Crippen molar-refractivity contribution in [2.45, 2.75) is 0 Å². The van der Waals surface area contributed by atoms with Crippen molar-refractivity contribution < 1.29 is 9.59 Å². The summed E-state index contributed by atoms with van der Waals surface area (Å²) < 4.78 is 0. The number of carbonyl (C=O) groups excluding carboxylic acids is 2. The highest BCUT2D eigenvalue weighted by Crippen LogP contribution is 2.23. The van der Waals surface area contributed by atoms with Gasteiger partial charge in [0, 0.05) is 35.3 Å². The molecule has 6 nitrogen and oxygen atoms in total. The zero-order chi connectivity index (χ0) is 20.1. The SMILES string of the molecule is O=C(NCC#Cc1ccc(N2CCNC2=O)cc1)c1csc(-c2ccccc2)n1. The molecule has 1 fully saturated rings. The fourth-order valence-corrected chi connectivity index (χ4v) is 3.70. The van der Waals surface area contributed by atoms with Crippen LogP contribution in [0.1, 0.15) is 16.1 Å². The van der Waals surface area contributed by atoms with E-state index in [4.69, 9.17) is 0 Å². The molecule has 0 aliphatic carbocycles. The molecular weight excluding hydrogens is 384 g/mol. The van der Waals surface area contributed by atoms with Crippen LogP contribution < -0.4 is 15.5 Å². The number of hydrogen-bond donors (Lipinski definition) is 2. The highest BCUT2D eigenvalue weighted by Gasteiger charge is 2.20. The lowest BCUT2D eigenvalue weighted by Crippen LogP contribution is -2.27. The molecule has 0 spiro atoms. The zero-order valence-corrected chi connectivity index (χ0v) is 16.3. The molecule has 0 bridgehead atoms. The van der Waals surface area contributed by atoms with Gasteiger partial charge in [-0.15, -0.1) is 11.3 Å². The molecule has 1 aromatic heterocycles. The molecule has 2 N–H and O–H groups in total. The van der Waals surface area contributed by atoms with Crippen molar-refractivity contribution in [1.82, 2.24) is 15.6 Å². The molecule has 0 radical (unpaired) electrons. The smallest absolute Gasteiger partial charge is 0.321 e. The summed E-state index contributed by atoms with van der Waals surface area (Å²) in [6.45, 7) is 1.55. The van der Waals surface area contributed by atoms with Crippen molar-refractivity contribution in [2.24, 2.45) is 0 Å². The molecule has 0 unspecified atom stereocenters. The second kappa shape index (κ2) is 8.59. The fraction of sp³-hybridized carbons (Fsp3) is 0.136. The minimum Gasteiger partial charge on any atom is -0.340 e. The Morgan fingerprint density at radius 3 is 2.69 bits per heavy atom. The Labute approximate surface area is 172 Å². The molecule has 0 saturated carbocycles. The predicted molar refractivity (Wildman–Crippen MR) is 114 cm³/mol. The molecule has 1 saturated heterocycles. The van der Waals surface area contributed by atoms with Crippen molar-refractivity contribution in [3.63, 3.8) is 0 Å². The Balaban J connectivity index is 1.31. The van der Waals surface area contributed by atoms with Crippen molar-refractivity contribution in [3.05, 3.63) is 71.2 Å². The largest absolute Gasteiger partial charge is 0.340 e. The van der Waals surface area contributed by atoms with E-state index < -0.39 is 0 Å². The number of thiazole rings is 1. The van der Waals surface area contributed by atoms with Gasteiger partial charge in [-0.25, -0.2) is 9.78 Å². The van der Waals surface area contributed by atoms with Crippen LogP contribution in [0, 0.1) is 11.8 Å². The van der Waals surface area contributed by atoms with Gasteiger partial charge < -0.3 is 10.6 Å². The number of hydrogen-bond acceptors (Lipinski definition) is 4. The molecule has 2 heterocycles. The minimum atomic E-state index is -0.242. The highest BCUT2D eigenvalue weighted by molar-refractivity contribution is 7.13. The summed E-state index contributed by atoms with van der Waals surface area (Å²) in [5, 5.41) is 8.10. The lowest BCUT2D eigenvalue weighted by Gasteiger charge is -2.13. The summed E-state index contributed by atoms with van der Waals surface area (Å²) in [5.41, 5.74) is 3.05. The Morgan fingerprint density at radius 1 is 1.17 bits per heavy atom. The molecule has 7 heteroatoms. The van der Waals surface area contributed by atoms with Gasteiger partial charge in [0.05, 0.1) is 6.54 Å². The quantitative estimate of drug-likeness (QED) is 0.659. The van der Waals surface area contributed by atoms with E-state index in [0.29, 0.717) is 18.8 Å². The molecule has 144 valence electrons. The number of amides is 3. The Morgan fingerprint density at radius 2 is 1.97 bits per heavy atom. The summed E-state index contributed by atoms with van der Waals surface area (Å²) in [5.74, 6) is 5.71. The van der Waals surface area contributed by atoms with Crippen LogP contribution in [0.3, 0.4) is 0 Å². The van der Waals surface area contributed by atoms with Crippen molar-refractivity contribution in [3.8, 4) is 22.4 Å². The van der Waals surface area contributed by atoms with Crippen LogP contribution in [0.4, 0.5) is 10.5 Å². The van der Waals surface area contributed by atoms with Gasteiger partial charge in [-0.1, -0.05) is 42.2 Å². The van der Waals surface area contributed by atoms with Crippen LogP contribution in [0.25, 0.3) is 10.6 Å². The number of anilines is 1. The Kier molecular flexibility index (Phi) is 5.54. The van der Waals surface area contributed by atoms with Crippen LogP contribution in [0.5, 0.6) is 0 Å². The normalized spacial score (nSPS) is 12.8. The van der Waals surface area contributed by atoms with E-state index in [1.54, 1.807) is 10.3 Å². The van der Waals surface area contributed by atoms with Gasteiger partial charge in [0.1, 0.15) is 10.7 Å². The maximum absolute atomic E-state index is 12.2. The summed E-state index contributed by atoms with van der Waals surface area (Å²) in [7, 11) is 0. The summed E-state index contributed by atoms with van der Waals surface area (Å²) in [4.78, 5) is 30.0. The van der Waals surface area contributed by atoms with Crippen LogP contribution in [-0.4, -0.2) is 36.6 Å². The van der Waals surface area contributed by atoms with Crippen LogP contribution in [0.2, 0.25) is 0 Å². The fourth-order valence-electron chi connectivity index (χ4n) is 2.90. The second-order valence-electron chi connectivity index (χ2n) is 6.32. The minimum absolute atomic E-state index is 0.0796. The number of nitrogens with one attached hydrogen (secondary N) is 2. The number of aromatic nitrogens is 1. The van der Waals surface area contributed by atoms with Gasteiger partial charge in [-0.05, 0) is 24.3 Å². The van der Waals surface area contributed by atoms with Crippen LogP contribution in [0.15, 0.2) is 60.0 Å². The maximum atomic E-state index is 12.2. The molecule has 2 aromatic carbocycles. The molecule has 0 atom stereocenters. The number of nitrogens with zero attached hydrogens (tertiary/aromatic N) is 2. The number of carbonyl (C=O) groups is 2. The molecule has 1 aliphatic heterocycles. The van der Waals surface area contributed by atoms with Crippen molar-refractivity contribution >= 4 is 29.0 Å².